The fourth-order valence-corrected chi connectivity index (χ4v) is 4.12. The summed E-state index contributed by atoms with van der Waals surface area (Å²) in [7, 11) is 0. The molecule has 0 bridgehead atoms. The highest BCUT2D eigenvalue weighted by Crippen LogP contribution is 2.28. The van der Waals surface area contributed by atoms with Crippen molar-refractivity contribution in [2.24, 2.45) is 0 Å². The van der Waals surface area contributed by atoms with Gasteiger partial charge in [-0.15, -0.1) is 10.2 Å². The van der Waals surface area contributed by atoms with Gasteiger partial charge in [-0.25, -0.2) is 0 Å². The molecule has 0 saturated carbocycles. The molecule has 4 rings (SSSR count). The normalized spacial score (nSPS) is 12.3. The highest BCUT2D eigenvalue weighted by Gasteiger charge is 2.16. The van der Waals surface area contributed by atoms with Gasteiger partial charge < -0.3 is 5.32 Å². The molecule has 0 amide bonds. The summed E-state index contributed by atoms with van der Waals surface area (Å²) in [5, 5.41) is 23.3. The number of rotatable bonds is 6. The standard InChI is InChI=1S/C18H17Cl2N7S/c1-11-6-8-21-27(11)12(2)17-23-24-18(28-17)22-16-7-9-26(25-16)10-13-14(19)4-3-5-15(13)20/h3-9,12H,10H2,1-2H3,(H,22,24,25)/t12-/m0/s1. The van der Waals surface area contributed by atoms with E-state index >= 15 is 0 Å². The van der Waals surface area contributed by atoms with Crippen LogP contribution in [0.1, 0.15) is 29.2 Å². The van der Waals surface area contributed by atoms with Crippen molar-refractivity contribution in [3.8, 4) is 0 Å². The van der Waals surface area contributed by atoms with E-state index in [9.17, 15) is 0 Å². The van der Waals surface area contributed by atoms with Crippen LogP contribution in [0.3, 0.4) is 0 Å². The predicted octanol–water partition coefficient (Wildman–Crippen LogP) is 4.95. The fraction of sp³-hybridized carbons (Fsp3) is 0.222. The summed E-state index contributed by atoms with van der Waals surface area (Å²) in [6, 6.07) is 9.31. The summed E-state index contributed by atoms with van der Waals surface area (Å²) in [6.07, 6.45) is 3.64. The van der Waals surface area contributed by atoms with Crippen LogP contribution in [0.4, 0.5) is 10.9 Å². The quantitative estimate of drug-likeness (QED) is 0.465. The van der Waals surface area contributed by atoms with E-state index in [1.807, 2.05) is 55.1 Å². The SMILES string of the molecule is Cc1ccnn1[C@@H](C)c1nnc(Nc2ccn(Cc3c(Cl)cccc3Cl)n2)s1. The monoisotopic (exact) mass is 433 g/mol. The van der Waals surface area contributed by atoms with Crippen molar-refractivity contribution in [3.63, 3.8) is 0 Å². The number of nitrogens with one attached hydrogen (secondary N) is 1. The molecule has 0 aliphatic heterocycles. The van der Waals surface area contributed by atoms with E-state index in [1.54, 1.807) is 10.9 Å². The molecule has 0 saturated heterocycles. The van der Waals surface area contributed by atoms with Gasteiger partial charge in [-0.3, -0.25) is 9.36 Å². The Balaban J connectivity index is 1.46. The third kappa shape index (κ3) is 3.89. The molecule has 0 spiro atoms. The van der Waals surface area contributed by atoms with Crippen molar-refractivity contribution in [1.82, 2.24) is 29.8 Å². The Morgan fingerprint density at radius 1 is 1.14 bits per heavy atom. The summed E-state index contributed by atoms with van der Waals surface area (Å²) in [5.74, 6) is 0.675. The van der Waals surface area contributed by atoms with Crippen LogP contribution in [-0.2, 0) is 6.54 Å². The summed E-state index contributed by atoms with van der Waals surface area (Å²) >= 11 is 13.9. The van der Waals surface area contributed by atoms with Crippen LogP contribution >= 0.6 is 34.5 Å². The van der Waals surface area contributed by atoms with Crippen LogP contribution in [-0.4, -0.2) is 29.8 Å². The topological polar surface area (TPSA) is 73.5 Å². The van der Waals surface area contributed by atoms with Gasteiger partial charge in [0.25, 0.3) is 0 Å². The van der Waals surface area contributed by atoms with E-state index < -0.39 is 0 Å². The average molecular weight is 434 g/mol. The Labute approximate surface area is 175 Å². The second kappa shape index (κ2) is 7.90. The highest BCUT2D eigenvalue weighted by atomic mass is 35.5. The summed E-state index contributed by atoms with van der Waals surface area (Å²) in [4.78, 5) is 0. The molecule has 1 aromatic carbocycles. The van der Waals surface area contributed by atoms with Gasteiger partial charge in [0.1, 0.15) is 11.0 Å². The van der Waals surface area contributed by atoms with Crippen LogP contribution in [0.5, 0.6) is 0 Å². The lowest BCUT2D eigenvalue weighted by molar-refractivity contribution is 0.543. The Morgan fingerprint density at radius 2 is 1.93 bits per heavy atom. The van der Waals surface area contributed by atoms with Crippen LogP contribution in [0.15, 0.2) is 42.7 Å². The largest absolute Gasteiger partial charge is 0.313 e. The lowest BCUT2D eigenvalue weighted by Crippen LogP contribution is -2.09. The number of hydrogen-bond acceptors (Lipinski definition) is 6. The first kappa shape index (κ1) is 18.9. The second-order valence-electron chi connectivity index (χ2n) is 6.26. The predicted molar refractivity (Wildman–Crippen MR) is 112 cm³/mol. The lowest BCUT2D eigenvalue weighted by atomic mass is 10.2. The minimum Gasteiger partial charge on any atom is -0.313 e. The Morgan fingerprint density at radius 3 is 2.64 bits per heavy atom. The van der Waals surface area contributed by atoms with Crippen molar-refractivity contribution in [2.45, 2.75) is 26.4 Å². The number of hydrogen-bond donors (Lipinski definition) is 1. The zero-order chi connectivity index (χ0) is 19.7. The molecular formula is C18H17Cl2N7S. The van der Waals surface area contributed by atoms with Crippen molar-refractivity contribution in [1.29, 1.82) is 0 Å². The maximum absolute atomic E-state index is 6.24. The zero-order valence-corrected chi connectivity index (χ0v) is 17.5. The third-order valence-corrected chi connectivity index (χ3v) is 6.01. The van der Waals surface area contributed by atoms with Gasteiger partial charge in [-0.1, -0.05) is 40.6 Å². The Hall–Kier alpha value is -2.42. The molecule has 1 atom stereocenters. The Kier molecular flexibility index (Phi) is 5.34. The van der Waals surface area contributed by atoms with Crippen molar-refractivity contribution in [3.05, 3.63) is 69.0 Å². The molecule has 0 aliphatic carbocycles. The van der Waals surface area contributed by atoms with E-state index in [-0.39, 0.29) is 6.04 Å². The molecule has 1 N–H and O–H groups in total. The average Bonchev–Trinajstić information content (AvgIpc) is 3.40. The first-order chi connectivity index (χ1) is 13.5. The summed E-state index contributed by atoms with van der Waals surface area (Å²) < 4.78 is 3.69. The minimum absolute atomic E-state index is 0.0166. The first-order valence-corrected chi connectivity index (χ1v) is 10.2. The molecule has 28 heavy (non-hydrogen) atoms. The summed E-state index contributed by atoms with van der Waals surface area (Å²) in [6.45, 7) is 4.55. The maximum Gasteiger partial charge on any atom is 0.211 e. The van der Waals surface area contributed by atoms with Gasteiger partial charge in [0, 0.05) is 39.8 Å². The summed E-state index contributed by atoms with van der Waals surface area (Å²) in [5.41, 5.74) is 1.91. The fourth-order valence-electron chi connectivity index (χ4n) is 2.82. The van der Waals surface area contributed by atoms with Crippen molar-refractivity contribution >= 4 is 45.5 Å². The maximum atomic E-state index is 6.24. The van der Waals surface area contributed by atoms with Crippen LogP contribution in [0.25, 0.3) is 0 Å². The van der Waals surface area contributed by atoms with E-state index in [0.29, 0.717) is 27.5 Å². The van der Waals surface area contributed by atoms with Crippen molar-refractivity contribution < 1.29 is 0 Å². The molecule has 3 aromatic heterocycles. The number of benzene rings is 1. The van der Waals surface area contributed by atoms with Crippen LogP contribution < -0.4 is 5.32 Å². The third-order valence-electron chi connectivity index (χ3n) is 4.29. The van der Waals surface area contributed by atoms with Gasteiger partial charge in [-0.05, 0) is 32.0 Å². The lowest BCUT2D eigenvalue weighted by Gasteiger charge is -2.10. The van der Waals surface area contributed by atoms with E-state index in [1.165, 1.54) is 11.3 Å². The first-order valence-electron chi connectivity index (χ1n) is 8.58. The molecule has 144 valence electrons. The van der Waals surface area contributed by atoms with Gasteiger partial charge >= 0.3 is 0 Å². The second-order valence-corrected chi connectivity index (χ2v) is 8.09. The number of nitrogens with zero attached hydrogens (tertiary/aromatic N) is 6. The molecule has 0 unspecified atom stereocenters. The molecule has 7 nitrogen and oxygen atoms in total. The number of aryl methyl sites for hydroxylation is 1. The van der Waals surface area contributed by atoms with Gasteiger partial charge in [0.15, 0.2) is 5.82 Å². The number of anilines is 2. The van der Waals surface area contributed by atoms with Gasteiger partial charge in [0.2, 0.25) is 5.13 Å². The van der Waals surface area contributed by atoms with Crippen LogP contribution in [0.2, 0.25) is 10.0 Å². The zero-order valence-electron chi connectivity index (χ0n) is 15.2. The van der Waals surface area contributed by atoms with E-state index in [0.717, 1.165) is 16.3 Å². The molecule has 0 radical (unpaired) electrons. The highest BCUT2D eigenvalue weighted by molar-refractivity contribution is 7.15. The Bertz CT molecular complexity index is 1080. The van der Waals surface area contributed by atoms with Gasteiger partial charge in [-0.2, -0.15) is 10.2 Å². The van der Waals surface area contributed by atoms with E-state index in [4.69, 9.17) is 23.2 Å². The van der Waals surface area contributed by atoms with E-state index in [2.05, 4.69) is 25.7 Å². The molecule has 10 heteroatoms. The van der Waals surface area contributed by atoms with Crippen molar-refractivity contribution in [2.75, 3.05) is 5.32 Å². The minimum atomic E-state index is 0.0166. The smallest absolute Gasteiger partial charge is 0.211 e. The molecule has 3 heterocycles. The molecule has 0 aliphatic rings. The van der Waals surface area contributed by atoms with Gasteiger partial charge in [0.05, 0.1) is 6.54 Å². The molecule has 4 aromatic rings. The molecular weight excluding hydrogens is 417 g/mol. The van der Waals surface area contributed by atoms with Crippen LogP contribution in [0, 0.1) is 6.92 Å². The molecule has 0 fully saturated rings. The number of aromatic nitrogens is 6. The number of halogens is 2.